The average molecular weight is 275 g/mol. The molecule has 1 N–H and O–H groups in total. The first-order valence-electron chi connectivity index (χ1n) is 6.96. The van der Waals surface area contributed by atoms with Crippen LogP contribution < -0.4 is 5.32 Å². The molecular formula is C18H17N3. The van der Waals surface area contributed by atoms with Crippen molar-refractivity contribution in [3.8, 4) is 0 Å². The van der Waals surface area contributed by atoms with Gasteiger partial charge in [0.25, 0.3) is 0 Å². The third kappa shape index (κ3) is 3.26. The van der Waals surface area contributed by atoms with Gasteiger partial charge < -0.3 is 5.32 Å². The van der Waals surface area contributed by atoms with E-state index in [2.05, 4.69) is 45.6 Å². The average Bonchev–Trinajstić information content (AvgIpc) is 2.54. The van der Waals surface area contributed by atoms with Gasteiger partial charge in [-0.1, -0.05) is 30.3 Å². The van der Waals surface area contributed by atoms with Crippen LogP contribution in [0.1, 0.15) is 22.7 Å². The van der Waals surface area contributed by atoms with Crippen molar-refractivity contribution >= 4 is 5.69 Å². The first kappa shape index (κ1) is 13.3. The van der Waals surface area contributed by atoms with E-state index in [9.17, 15) is 0 Å². The Morgan fingerprint density at radius 1 is 0.857 bits per heavy atom. The van der Waals surface area contributed by atoms with Crippen molar-refractivity contribution in [2.75, 3.05) is 5.32 Å². The summed E-state index contributed by atoms with van der Waals surface area (Å²) >= 11 is 0. The zero-order valence-corrected chi connectivity index (χ0v) is 11.9. The zero-order chi connectivity index (χ0) is 14.5. The van der Waals surface area contributed by atoms with Crippen LogP contribution in [0.3, 0.4) is 0 Å². The number of aryl methyl sites for hydroxylation is 1. The summed E-state index contributed by atoms with van der Waals surface area (Å²) < 4.78 is 0. The first-order chi connectivity index (χ1) is 10.3. The van der Waals surface area contributed by atoms with Gasteiger partial charge in [-0.2, -0.15) is 0 Å². The van der Waals surface area contributed by atoms with Crippen molar-refractivity contribution in [3.05, 3.63) is 90.0 Å². The maximum atomic E-state index is 4.25. The van der Waals surface area contributed by atoms with Crippen LogP contribution in [0.25, 0.3) is 0 Å². The monoisotopic (exact) mass is 275 g/mol. The van der Waals surface area contributed by atoms with Crippen molar-refractivity contribution < 1.29 is 0 Å². The highest BCUT2D eigenvalue weighted by atomic mass is 14.9. The standard InChI is InChI=1S/C18H17N3/c1-14-11-17(13-20-12-14)21-18(15-5-3-2-4-6-15)16-7-9-19-10-8-16/h2-13,18,21H,1H3. The Morgan fingerprint density at radius 2 is 1.57 bits per heavy atom. The van der Waals surface area contributed by atoms with Crippen LogP contribution in [0.5, 0.6) is 0 Å². The molecule has 1 aromatic carbocycles. The molecule has 0 aliphatic heterocycles. The summed E-state index contributed by atoms with van der Waals surface area (Å²) in [4.78, 5) is 8.35. The number of hydrogen-bond acceptors (Lipinski definition) is 3. The maximum Gasteiger partial charge on any atom is 0.0769 e. The van der Waals surface area contributed by atoms with Crippen molar-refractivity contribution in [1.82, 2.24) is 9.97 Å². The molecule has 3 heteroatoms. The highest BCUT2D eigenvalue weighted by Crippen LogP contribution is 2.26. The molecule has 0 spiro atoms. The molecule has 3 nitrogen and oxygen atoms in total. The number of pyridine rings is 2. The van der Waals surface area contributed by atoms with E-state index in [1.165, 1.54) is 11.1 Å². The van der Waals surface area contributed by atoms with Gasteiger partial charge in [-0.05, 0) is 41.8 Å². The molecule has 2 heterocycles. The SMILES string of the molecule is Cc1cncc(NC(c2ccccc2)c2ccncc2)c1. The fourth-order valence-corrected chi connectivity index (χ4v) is 2.36. The number of anilines is 1. The number of benzene rings is 1. The van der Waals surface area contributed by atoms with Gasteiger partial charge in [0.15, 0.2) is 0 Å². The molecule has 21 heavy (non-hydrogen) atoms. The minimum atomic E-state index is 0.0813. The molecule has 0 fully saturated rings. The van der Waals surface area contributed by atoms with Gasteiger partial charge in [0.2, 0.25) is 0 Å². The minimum Gasteiger partial charge on any atom is -0.373 e. The Bertz CT molecular complexity index is 656. The number of nitrogens with one attached hydrogen (secondary N) is 1. The van der Waals surface area contributed by atoms with Gasteiger partial charge in [0.1, 0.15) is 0 Å². The molecule has 2 aromatic heterocycles. The van der Waals surface area contributed by atoms with Gasteiger partial charge in [0, 0.05) is 24.8 Å². The lowest BCUT2D eigenvalue weighted by Gasteiger charge is -2.21. The van der Waals surface area contributed by atoms with Gasteiger partial charge in [-0.15, -0.1) is 0 Å². The summed E-state index contributed by atoms with van der Waals surface area (Å²) in [5.74, 6) is 0. The Hall–Kier alpha value is -2.68. The first-order valence-corrected chi connectivity index (χ1v) is 6.96. The predicted octanol–water partition coefficient (Wildman–Crippen LogP) is 3.99. The van der Waals surface area contributed by atoms with Crippen LogP contribution >= 0.6 is 0 Å². The quantitative estimate of drug-likeness (QED) is 0.782. The van der Waals surface area contributed by atoms with Gasteiger partial charge in [0.05, 0.1) is 11.7 Å². The van der Waals surface area contributed by atoms with Crippen molar-refractivity contribution in [2.24, 2.45) is 0 Å². The van der Waals surface area contributed by atoms with Crippen LogP contribution in [0, 0.1) is 6.92 Å². The summed E-state index contributed by atoms with van der Waals surface area (Å²) in [6, 6.07) is 16.6. The van der Waals surface area contributed by atoms with Crippen molar-refractivity contribution in [3.63, 3.8) is 0 Å². The predicted molar refractivity (Wildman–Crippen MR) is 85.1 cm³/mol. The molecule has 0 aliphatic rings. The molecule has 0 aliphatic carbocycles. The lowest BCUT2D eigenvalue weighted by Crippen LogP contribution is -2.12. The Labute approximate surface area is 124 Å². The molecular weight excluding hydrogens is 258 g/mol. The molecule has 104 valence electrons. The van der Waals surface area contributed by atoms with E-state index in [-0.39, 0.29) is 6.04 Å². The van der Waals surface area contributed by atoms with E-state index in [4.69, 9.17) is 0 Å². The molecule has 1 unspecified atom stereocenters. The van der Waals surface area contributed by atoms with Crippen molar-refractivity contribution in [1.29, 1.82) is 0 Å². The zero-order valence-electron chi connectivity index (χ0n) is 11.9. The maximum absolute atomic E-state index is 4.25. The van der Waals surface area contributed by atoms with Crippen LogP contribution in [-0.2, 0) is 0 Å². The fourth-order valence-electron chi connectivity index (χ4n) is 2.36. The third-order valence-electron chi connectivity index (χ3n) is 3.36. The molecule has 0 saturated carbocycles. The van der Waals surface area contributed by atoms with E-state index >= 15 is 0 Å². The molecule has 0 bridgehead atoms. The van der Waals surface area contributed by atoms with E-state index in [1.807, 2.05) is 49.9 Å². The van der Waals surface area contributed by atoms with Gasteiger partial charge >= 0.3 is 0 Å². The second-order valence-corrected chi connectivity index (χ2v) is 5.02. The Kier molecular flexibility index (Phi) is 3.92. The van der Waals surface area contributed by atoms with Crippen LogP contribution in [0.4, 0.5) is 5.69 Å². The normalized spacial score (nSPS) is 11.9. The number of nitrogens with zero attached hydrogens (tertiary/aromatic N) is 2. The largest absolute Gasteiger partial charge is 0.373 e. The fraction of sp³-hybridized carbons (Fsp3) is 0.111. The summed E-state index contributed by atoms with van der Waals surface area (Å²) in [5.41, 5.74) is 4.55. The minimum absolute atomic E-state index is 0.0813. The number of rotatable bonds is 4. The summed E-state index contributed by atoms with van der Waals surface area (Å²) in [6.45, 7) is 2.04. The Balaban J connectivity index is 1.97. The smallest absolute Gasteiger partial charge is 0.0769 e. The lowest BCUT2D eigenvalue weighted by atomic mass is 9.99. The molecule has 0 radical (unpaired) electrons. The van der Waals surface area contributed by atoms with Crippen LogP contribution in [0.2, 0.25) is 0 Å². The van der Waals surface area contributed by atoms with E-state index in [0.29, 0.717) is 0 Å². The summed E-state index contributed by atoms with van der Waals surface area (Å²) in [7, 11) is 0. The number of hydrogen-bond donors (Lipinski definition) is 1. The molecule has 0 amide bonds. The molecule has 0 saturated heterocycles. The summed E-state index contributed by atoms with van der Waals surface area (Å²) in [6.07, 6.45) is 7.35. The topological polar surface area (TPSA) is 37.8 Å². The van der Waals surface area contributed by atoms with Crippen LogP contribution in [0.15, 0.2) is 73.3 Å². The van der Waals surface area contributed by atoms with Crippen molar-refractivity contribution in [2.45, 2.75) is 13.0 Å². The van der Waals surface area contributed by atoms with E-state index in [0.717, 1.165) is 11.3 Å². The third-order valence-corrected chi connectivity index (χ3v) is 3.36. The van der Waals surface area contributed by atoms with E-state index in [1.54, 1.807) is 0 Å². The van der Waals surface area contributed by atoms with Crippen LogP contribution in [-0.4, -0.2) is 9.97 Å². The highest BCUT2D eigenvalue weighted by Gasteiger charge is 2.13. The number of aromatic nitrogens is 2. The van der Waals surface area contributed by atoms with Gasteiger partial charge in [-0.25, -0.2) is 0 Å². The molecule has 1 atom stereocenters. The lowest BCUT2D eigenvalue weighted by molar-refractivity contribution is 0.930. The molecule has 3 rings (SSSR count). The molecule has 3 aromatic rings. The van der Waals surface area contributed by atoms with E-state index < -0.39 is 0 Å². The Morgan fingerprint density at radius 3 is 2.29 bits per heavy atom. The second-order valence-electron chi connectivity index (χ2n) is 5.02. The second kappa shape index (κ2) is 6.18. The highest BCUT2D eigenvalue weighted by molar-refractivity contribution is 5.48. The summed E-state index contributed by atoms with van der Waals surface area (Å²) in [5, 5.41) is 3.56. The van der Waals surface area contributed by atoms with Gasteiger partial charge in [-0.3, -0.25) is 9.97 Å².